The molecule has 0 aliphatic carbocycles. The number of H-pyrrole nitrogens is 1. The van der Waals surface area contributed by atoms with Crippen LogP contribution in [0.5, 0.6) is 5.75 Å². The van der Waals surface area contributed by atoms with E-state index in [2.05, 4.69) is 4.98 Å². The van der Waals surface area contributed by atoms with E-state index in [0.717, 1.165) is 16.6 Å². The van der Waals surface area contributed by atoms with Gasteiger partial charge in [-0.1, -0.05) is 17.7 Å². The fraction of sp³-hybridized carbons (Fsp3) is 0.0667. The Kier molecular flexibility index (Phi) is 3.13. The Labute approximate surface area is 114 Å². The normalized spacial score (nSPS) is 10.8. The monoisotopic (exact) mass is 275 g/mol. The quantitative estimate of drug-likeness (QED) is 0.746. The lowest BCUT2D eigenvalue weighted by molar-refractivity contribution is 0.301. The van der Waals surface area contributed by atoms with Crippen molar-refractivity contribution in [3.63, 3.8) is 0 Å². The predicted molar refractivity (Wildman–Crippen MR) is 74.0 cm³/mol. The number of hydrogen-bond acceptors (Lipinski definition) is 1. The van der Waals surface area contributed by atoms with E-state index >= 15 is 0 Å². The molecule has 4 heteroatoms. The van der Waals surface area contributed by atoms with Gasteiger partial charge in [0.05, 0.1) is 5.69 Å². The standard InChI is InChI=1S/C15H11ClFNO/c16-11-4-5-15-10(6-11)7-13(18-15)9-19-14-3-1-2-12(17)8-14/h1-8,18H,9H2. The molecule has 3 rings (SSSR count). The van der Waals surface area contributed by atoms with E-state index in [1.165, 1.54) is 12.1 Å². The zero-order valence-corrected chi connectivity index (χ0v) is 10.7. The molecule has 0 fully saturated rings. The largest absolute Gasteiger partial charge is 0.487 e. The van der Waals surface area contributed by atoms with Gasteiger partial charge < -0.3 is 9.72 Å². The van der Waals surface area contributed by atoms with E-state index in [0.29, 0.717) is 17.4 Å². The van der Waals surface area contributed by atoms with Crippen LogP contribution < -0.4 is 4.74 Å². The van der Waals surface area contributed by atoms with Crippen molar-refractivity contribution < 1.29 is 9.13 Å². The van der Waals surface area contributed by atoms with Crippen LogP contribution in [0.4, 0.5) is 4.39 Å². The molecule has 0 amide bonds. The van der Waals surface area contributed by atoms with E-state index in [9.17, 15) is 4.39 Å². The first-order valence-corrected chi connectivity index (χ1v) is 6.24. The number of fused-ring (bicyclic) bond motifs is 1. The molecule has 0 bridgehead atoms. The molecule has 19 heavy (non-hydrogen) atoms. The Morgan fingerprint density at radius 2 is 2.00 bits per heavy atom. The van der Waals surface area contributed by atoms with Gasteiger partial charge in [0.1, 0.15) is 18.2 Å². The summed E-state index contributed by atoms with van der Waals surface area (Å²) in [6.45, 7) is 0.357. The van der Waals surface area contributed by atoms with Gasteiger partial charge in [0.25, 0.3) is 0 Å². The van der Waals surface area contributed by atoms with Gasteiger partial charge in [-0.25, -0.2) is 4.39 Å². The minimum atomic E-state index is -0.305. The molecule has 0 unspecified atom stereocenters. The van der Waals surface area contributed by atoms with Crippen LogP contribution in [-0.4, -0.2) is 4.98 Å². The zero-order chi connectivity index (χ0) is 13.2. The molecular formula is C15H11ClFNO. The summed E-state index contributed by atoms with van der Waals surface area (Å²) in [5.41, 5.74) is 1.92. The smallest absolute Gasteiger partial charge is 0.128 e. The van der Waals surface area contributed by atoms with Gasteiger partial charge >= 0.3 is 0 Å². The second-order valence-corrected chi connectivity index (χ2v) is 4.71. The lowest BCUT2D eigenvalue weighted by Gasteiger charge is -2.04. The summed E-state index contributed by atoms with van der Waals surface area (Å²) in [7, 11) is 0. The van der Waals surface area contributed by atoms with Crippen molar-refractivity contribution >= 4 is 22.5 Å². The maximum Gasteiger partial charge on any atom is 0.128 e. The molecule has 0 radical (unpaired) electrons. The number of benzene rings is 2. The molecule has 0 aliphatic rings. The molecule has 2 aromatic carbocycles. The third-order valence-corrected chi connectivity index (χ3v) is 3.06. The van der Waals surface area contributed by atoms with Gasteiger partial charge in [0.15, 0.2) is 0 Å². The van der Waals surface area contributed by atoms with Crippen molar-refractivity contribution in [1.82, 2.24) is 4.98 Å². The fourth-order valence-corrected chi connectivity index (χ4v) is 2.14. The van der Waals surface area contributed by atoms with Gasteiger partial charge in [-0.05, 0) is 36.4 Å². The first-order chi connectivity index (χ1) is 9.20. The van der Waals surface area contributed by atoms with Crippen LogP contribution in [0, 0.1) is 5.82 Å². The second-order valence-electron chi connectivity index (χ2n) is 4.27. The van der Waals surface area contributed by atoms with Crippen LogP contribution in [0.1, 0.15) is 5.69 Å². The van der Waals surface area contributed by atoms with Crippen LogP contribution >= 0.6 is 11.6 Å². The number of halogens is 2. The summed E-state index contributed by atoms with van der Waals surface area (Å²) in [4.78, 5) is 3.23. The number of nitrogens with one attached hydrogen (secondary N) is 1. The molecule has 1 aromatic heterocycles. The van der Waals surface area contributed by atoms with Gasteiger partial charge in [-0.3, -0.25) is 0 Å². The molecule has 96 valence electrons. The summed E-state index contributed by atoms with van der Waals surface area (Å²) in [6.07, 6.45) is 0. The van der Waals surface area contributed by atoms with Crippen LogP contribution in [0.3, 0.4) is 0 Å². The van der Waals surface area contributed by atoms with Crippen LogP contribution in [0.15, 0.2) is 48.5 Å². The highest BCUT2D eigenvalue weighted by atomic mass is 35.5. The van der Waals surface area contributed by atoms with Crippen molar-refractivity contribution in [2.45, 2.75) is 6.61 Å². The highest BCUT2D eigenvalue weighted by molar-refractivity contribution is 6.31. The lowest BCUT2D eigenvalue weighted by Crippen LogP contribution is -1.95. The van der Waals surface area contributed by atoms with E-state index < -0.39 is 0 Å². The highest BCUT2D eigenvalue weighted by Crippen LogP contribution is 2.21. The average molecular weight is 276 g/mol. The first kappa shape index (κ1) is 12.1. The average Bonchev–Trinajstić information content (AvgIpc) is 2.78. The first-order valence-electron chi connectivity index (χ1n) is 5.86. The van der Waals surface area contributed by atoms with E-state index in [4.69, 9.17) is 16.3 Å². The topological polar surface area (TPSA) is 25.0 Å². The molecule has 1 N–H and O–H groups in total. The van der Waals surface area contributed by atoms with Crippen molar-refractivity contribution in [1.29, 1.82) is 0 Å². The van der Waals surface area contributed by atoms with Crippen molar-refractivity contribution in [2.75, 3.05) is 0 Å². The fourth-order valence-electron chi connectivity index (χ4n) is 1.96. The molecule has 0 saturated heterocycles. The van der Waals surface area contributed by atoms with Crippen LogP contribution in [0.2, 0.25) is 5.02 Å². The zero-order valence-electron chi connectivity index (χ0n) is 9.99. The van der Waals surface area contributed by atoms with Gasteiger partial charge in [-0.2, -0.15) is 0 Å². The molecule has 0 aliphatic heterocycles. The summed E-state index contributed by atoms with van der Waals surface area (Å²) < 4.78 is 18.5. The Hall–Kier alpha value is -2.00. The number of aromatic amines is 1. The SMILES string of the molecule is Fc1cccc(OCc2cc3cc(Cl)ccc3[nH]2)c1. The number of aromatic nitrogens is 1. The molecule has 1 heterocycles. The minimum absolute atomic E-state index is 0.305. The van der Waals surface area contributed by atoms with Gasteiger partial charge in [0, 0.05) is 22.0 Å². The highest BCUT2D eigenvalue weighted by Gasteiger charge is 2.03. The van der Waals surface area contributed by atoms with Crippen molar-refractivity contribution in [3.05, 3.63) is 65.1 Å². The third kappa shape index (κ3) is 2.71. The molecule has 0 spiro atoms. The summed E-state index contributed by atoms with van der Waals surface area (Å²) >= 11 is 5.93. The molecule has 3 aromatic rings. The van der Waals surface area contributed by atoms with Gasteiger partial charge in [0.2, 0.25) is 0 Å². The number of rotatable bonds is 3. The number of hydrogen-bond donors (Lipinski definition) is 1. The maximum absolute atomic E-state index is 13.0. The van der Waals surface area contributed by atoms with Crippen molar-refractivity contribution in [2.24, 2.45) is 0 Å². The summed E-state index contributed by atoms with van der Waals surface area (Å²) in [5.74, 6) is 0.206. The Bertz CT molecular complexity index is 723. The van der Waals surface area contributed by atoms with E-state index in [-0.39, 0.29) is 5.82 Å². The molecule has 2 nitrogen and oxygen atoms in total. The van der Waals surface area contributed by atoms with Gasteiger partial charge in [-0.15, -0.1) is 0 Å². The predicted octanol–water partition coefficient (Wildman–Crippen LogP) is 4.54. The van der Waals surface area contributed by atoms with E-state index in [1.807, 2.05) is 24.3 Å². The van der Waals surface area contributed by atoms with Crippen LogP contribution in [-0.2, 0) is 6.61 Å². The Balaban J connectivity index is 1.78. The molecule has 0 saturated carbocycles. The lowest BCUT2D eigenvalue weighted by atomic mass is 10.2. The second kappa shape index (κ2) is 4.94. The Morgan fingerprint density at radius 1 is 1.11 bits per heavy atom. The minimum Gasteiger partial charge on any atom is -0.487 e. The maximum atomic E-state index is 13.0. The summed E-state index contributed by atoms with van der Waals surface area (Å²) in [5, 5.41) is 1.73. The summed E-state index contributed by atoms with van der Waals surface area (Å²) in [6, 6.07) is 13.7. The van der Waals surface area contributed by atoms with E-state index in [1.54, 1.807) is 12.1 Å². The molecular weight excluding hydrogens is 265 g/mol. The van der Waals surface area contributed by atoms with Crippen LogP contribution in [0.25, 0.3) is 10.9 Å². The molecule has 0 atom stereocenters. The Morgan fingerprint density at radius 3 is 2.84 bits per heavy atom. The number of ether oxygens (including phenoxy) is 1. The third-order valence-electron chi connectivity index (χ3n) is 2.83. The van der Waals surface area contributed by atoms with Crippen molar-refractivity contribution in [3.8, 4) is 5.75 Å².